The fourth-order valence-electron chi connectivity index (χ4n) is 5.08. The number of carbonyl (C=O) groups excluding carboxylic acids is 3. The minimum Gasteiger partial charge on any atom is -0.490 e. The molecular formula is C32H32N4O8S. The third kappa shape index (κ3) is 6.16. The summed E-state index contributed by atoms with van der Waals surface area (Å²) < 4.78 is 23.2. The Morgan fingerprint density at radius 1 is 1.00 bits per heavy atom. The van der Waals surface area contributed by atoms with Gasteiger partial charge in [0.05, 0.1) is 53.6 Å². The van der Waals surface area contributed by atoms with Gasteiger partial charge in [-0.05, 0) is 63.6 Å². The van der Waals surface area contributed by atoms with Crippen LogP contribution < -0.4 is 29.4 Å². The van der Waals surface area contributed by atoms with Crippen LogP contribution in [0.1, 0.15) is 39.3 Å². The minimum absolute atomic E-state index is 0.123. The van der Waals surface area contributed by atoms with Gasteiger partial charge in [0.25, 0.3) is 11.5 Å². The van der Waals surface area contributed by atoms with Crippen molar-refractivity contribution in [3.05, 3.63) is 85.1 Å². The lowest BCUT2D eigenvalue weighted by Crippen LogP contribution is -2.40. The van der Waals surface area contributed by atoms with Crippen molar-refractivity contribution < 1.29 is 33.3 Å². The second-order valence-electron chi connectivity index (χ2n) is 10.0. The van der Waals surface area contributed by atoms with Crippen LogP contribution in [0, 0.1) is 5.92 Å². The quantitative estimate of drug-likeness (QED) is 0.311. The topological polar surface area (TPSA) is 138 Å². The van der Waals surface area contributed by atoms with Crippen LogP contribution >= 0.6 is 11.3 Å². The van der Waals surface area contributed by atoms with E-state index in [2.05, 4.69) is 14.8 Å². The highest BCUT2D eigenvalue weighted by molar-refractivity contribution is 7.07. The SMILES string of the molecule is CCOC(=O)C1=C(C)N=c2s/c(=C\[C@H]3C(=O)N(c4ccccc4)N=C3C)c(=O)n2[C@H]1c1ccc(OCC(=O)OC)c(OCC)c1. The van der Waals surface area contributed by atoms with Crippen LogP contribution in [-0.2, 0) is 23.9 Å². The number of ether oxygens (including phenoxy) is 4. The highest BCUT2D eigenvalue weighted by Crippen LogP contribution is 2.36. The summed E-state index contributed by atoms with van der Waals surface area (Å²) in [6.45, 7) is 6.99. The van der Waals surface area contributed by atoms with Crippen molar-refractivity contribution in [2.45, 2.75) is 33.7 Å². The molecule has 1 aromatic heterocycles. The number of hydrogen-bond acceptors (Lipinski definition) is 11. The van der Waals surface area contributed by atoms with E-state index in [1.54, 1.807) is 64.1 Å². The lowest BCUT2D eigenvalue weighted by molar-refractivity contribution is -0.143. The monoisotopic (exact) mass is 632 g/mol. The Morgan fingerprint density at radius 3 is 2.44 bits per heavy atom. The van der Waals surface area contributed by atoms with Gasteiger partial charge in [0, 0.05) is 0 Å². The van der Waals surface area contributed by atoms with Gasteiger partial charge < -0.3 is 18.9 Å². The van der Waals surface area contributed by atoms with Gasteiger partial charge in [-0.25, -0.2) is 14.6 Å². The van der Waals surface area contributed by atoms with E-state index in [1.165, 1.54) is 16.7 Å². The van der Waals surface area contributed by atoms with Gasteiger partial charge in [0.1, 0.15) is 5.92 Å². The van der Waals surface area contributed by atoms with Gasteiger partial charge in [-0.15, -0.1) is 0 Å². The molecule has 0 radical (unpaired) electrons. The summed E-state index contributed by atoms with van der Waals surface area (Å²) in [5.74, 6) is -1.63. The highest BCUT2D eigenvalue weighted by Gasteiger charge is 2.36. The van der Waals surface area contributed by atoms with Crippen LogP contribution in [0.25, 0.3) is 6.08 Å². The first-order valence-corrected chi connectivity index (χ1v) is 15.1. The Morgan fingerprint density at radius 2 is 1.76 bits per heavy atom. The maximum atomic E-state index is 14.1. The zero-order valence-electron chi connectivity index (χ0n) is 25.4. The van der Waals surface area contributed by atoms with Gasteiger partial charge in [0.2, 0.25) is 0 Å². The average Bonchev–Trinajstić information content (AvgIpc) is 3.50. The molecule has 0 aliphatic carbocycles. The smallest absolute Gasteiger partial charge is 0.343 e. The maximum Gasteiger partial charge on any atom is 0.343 e. The molecule has 0 saturated carbocycles. The number of fused-ring (bicyclic) bond motifs is 1. The minimum atomic E-state index is -0.925. The number of carbonyl (C=O) groups is 3. The van der Waals surface area contributed by atoms with E-state index >= 15 is 0 Å². The number of anilines is 1. The number of para-hydroxylation sites is 1. The van der Waals surface area contributed by atoms with Crippen molar-refractivity contribution in [1.29, 1.82) is 0 Å². The molecule has 0 N–H and O–H groups in total. The van der Waals surface area contributed by atoms with E-state index in [4.69, 9.17) is 14.2 Å². The van der Waals surface area contributed by atoms with E-state index in [9.17, 15) is 19.2 Å². The van der Waals surface area contributed by atoms with Crippen molar-refractivity contribution in [1.82, 2.24) is 4.57 Å². The first-order chi connectivity index (χ1) is 21.7. The Kier molecular flexibility index (Phi) is 9.28. The van der Waals surface area contributed by atoms with Gasteiger partial charge in [-0.1, -0.05) is 35.6 Å². The maximum absolute atomic E-state index is 14.1. The van der Waals surface area contributed by atoms with Gasteiger partial charge in [-0.2, -0.15) is 10.1 Å². The third-order valence-electron chi connectivity index (χ3n) is 7.18. The highest BCUT2D eigenvalue weighted by atomic mass is 32.1. The first kappa shape index (κ1) is 31.4. The zero-order chi connectivity index (χ0) is 32.2. The summed E-state index contributed by atoms with van der Waals surface area (Å²) in [5.41, 5.74) is 1.84. The number of aromatic nitrogens is 1. The fraction of sp³-hybridized carbons (Fsp3) is 0.312. The molecule has 3 aromatic rings. The Bertz CT molecular complexity index is 1890. The van der Waals surface area contributed by atoms with Crippen molar-refractivity contribution in [2.75, 3.05) is 31.9 Å². The number of benzene rings is 2. The van der Waals surface area contributed by atoms with E-state index < -0.39 is 29.5 Å². The number of nitrogens with zero attached hydrogens (tertiary/aromatic N) is 4. The van der Waals surface area contributed by atoms with Crippen LogP contribution in [0.5, 0.6) is 11.5 Å². The first-order valence-electron chi connectivity index (χ1n) is 14.3. The lowest BCUT2D eigenvalue weighted by Gasteiger charge is -2.25. The van der Waals surface area contributed by atoms with Crippen LogP contribution in [0.2, 0.25) is 0 Å². The summed E-state index contributed by atoms with van der Waals surface area (Å²) in [4.78, 5) is 57.5. The molecule has 0 fully saturated rings. The molecule has 2 aliphatic heterocycles. The molecule has 0 bridgehead atoms. The number of hydrazone groups is 1. The Balaban J connectivity index is 1.62. The third-order valence-corrected chi connectivity index (χ3v) is 8.18. The van der Waals surface area contributed by atoms with E-state index in [0.29, 0.717) is 33.2 Å². The molecule has 13 heteroatoms. The summed E-state index contributed by atoms with van der Waals surface area (Å²) in [6.07, 6.45) is 1.60. The molecular weight excluding hydrogens is 600 g/mol. The summed E-state index contributed by atoms with van der Waals surface area (Å²) in [5, 5.41) is 5.78. The van der Waals surface area contributed by atoms with Gasteiger partial charge >= 0.3 is 11.9 Å². The number of thiazole rings is 1. The Labute approximate surface area is 262 Å². The molecule has 0 saturated heterocycles. The molecule has 2 aliphatic rings. The molecule has 3 heterocycles. The summed E-state index contributed by atoms with van der Waals surface area (Å²) in [7, 11) is 1.26. The number of rotatable bonds is 10. The number of hydrogen-bond donors (Lipinski definition) is 0. The normalized spacial score (nSPS) is 17.9. The number of allylic oxidation sites excluding steroid dienone is 1. The van der Waals surface area contributed by atoms with Crippen molar-refractivity contribution in [3.63, 3.8) is 0 Å². The molecule has 5 rings (SSSR count). The average molecular weight is 633 g/mol. The largest absolute Gasteiger partial charge is 0.490 e. The second kappa shape index (κ2) is 13.3. The molecule has 1 amide bonds. The zero-order valence-corrected chi connectivity index (χ0v) is 26.3. The number of methoxy groups -OCH3 is 1. The van der Waals surface area contributed by atoms with Crippen molar-refractivity contribution >= 4 is 46.7 Å². The molecule has 45 heavy (non-hydrogen) atoms. The molecule has 12 nitrogen and oxygen atoms in total. The van der Waals surface area contributed by atoms with Gasteiger partial charge in [-0.3, -0.25) is 14.2 Å². The van der Waals surface area contributed by atoms with Gasteiger partial charge in [0.15, 0.2) is 22.9 Å². The van der Waals surface area contributed by atoms with E-state index in [0.717, 1.165) is 11.3 Å². The van der Waals surface area contributed by atoms with E-state index in [-0.39, 0.29) is 41.6 Å². The Hall–Kier alpha value is -5.04. The fourth-order valence-corrected chi connectivity index (χ4v) is 6.13. The molecule has 2 aromatic carbocycles. The van der Waals surface area contributed by atoms with Crippen molar-refractivity contribution in [2.24, 2.45) is 16.0 Å². The number of amides is 1. The van der Waals surface area contributed by atoms with Crippen LogP contribution in [0.3, 0.4) is 0 Å². The summed E-state index contributed by atoms with van der Waals surface area (Å²) >= 11 is 1.12. The van der Waals surface area contributed by atoms with Crippen LogP contribution in [0.4, 0.5) is 5.69 Å². The second-order valence-corrected chi connectivity index (χ2v) is 11.0. The predicted molar refractivity (Wildman–Crippen MR) is 167 cm³/mol. The summed E-state index contributed by atoms with van der Waals surface area (Å²) in [6, 6.07) is 13.1. The predicted octanol–water partition coefficient (Wildman–Crippen LogP) is 2.74. The molecule has 0 unspecified atom stereocenters. The van der Waals surface area contributed by atoms with Crippen LogP contribution in [-0.4, -0.2) is 55.1 Å². The van der Waals surface area contributed by atoms with Crippen LogP contribution in [0.15, 0.2) is 74.7 Å². The van der Waals surface area contributed by atoms with E-state index in [1.807, 2.05) is 18.2 Å². The molecule has 0 spiro atoms. The number of esters is 2. The molecule has 234 valence electrons. The standard InChI is InChI=1S/C32H32N4O8S/c1-6-42-24-15-20(13-14-23(24)44-17-26(37)41-5)28-27(31(40)43-7-2)19(4)33-32-35(28)30(39)25(45-32)16-22-18(3)34-36(29(22)38)21-11-9-8-10-12-21/h8-16,22,28H,6-7,17H2,1-5H3/b25-16-/t22-,28+/m1/s1. The molecule has 2 atom stereocenters. The van der Waals surface area contributed by atoms with Crippen molar-refractivity contribution in [3.8, 4) is 11.5 Å². The lowest BCUT2D eigenvalue weighted by atomic mass is 9.95.